The number of aromatic nitrogens is 2. The van der Waals surface area contributed by atoms with Crippen LogP contribution in [0.4, 0.5) is 5.00 Å². The van der Waals surface area contributed by atoms with Crippen LogP contribution >= 0.6 is 11.5 Å². The van der Waals surface area contributed by atoms with Crippen LogP contribution in [0.5, 0.6) is 5.75 Å². The molecule has 3 rings (SSSR count). The van der Waals surface area contributed by atoms with Gasteiger partial charge in [0.15, 0.2) is 0 Å². The van der Waals surface area contributed by atoms with Gasteiger partial charge in [0, 0.05) is 12.4 Å². The smallest absolute Gasteiger partial charge is 0.267 e. The highest BCUT2D eigenvalue weighted by molar-refractivity contribution is 7.10. The molecule has 2 N–H and O–H groups in total. The molecule has 0 aliphatic rings. The maximum absolute atomic E-state index is 12.4. The molecule has 7 heteroatoms. The number of rotatable bonds is 2. The van der Waals surface area contributed by atoms with Gasteiger partial charge in [0.2, 0.25) is 0 Å². The third kappa shape index (κ3) is 2.25. The van der Waals surface area contributed by atoms with Gasteiger partial charge in [0.05, 0.1) is 11.2 Å². The van der Waals surface area contributed by atoms with Crippen LogP contribution in [0.1, 0.15) is 16.1 Å². The fourth-order valence-electron chi connectivity index (χ4n) is 2.28. The summed E-state index contributed by atoms with van der Waals surface area (Å²) >= 11 is 1.12. The summed E-state index contributed by atoms with van der Waals surface area (Å²) in [6.45, 7) is 1.80. The highest BCUT2D eigenvalue weighted by Crippen LogP contribution is 2.26. The zero-order valence-corrected chi connectivity index (χ0v) is 12.8. The number of carbonyl (C=O) groups excluding carboxylic acids is 1. The molecule has 0 fully saturated rings. The maximum Gasteiger partial charge on any atom is 0.267 e. The Morgan fingerprint density at radius 3 is 2.77 bits per heavy atom. The van der Waals surface area contributed by atoms with Crippen LogP contribution < -0.4 is 10.9 Å². The van der Waals surface area contributed by atoms with E-state index in [1.54, 1.807) is 44.3 Å². The number of hydrogen-bond donors (Lipinski definition) is 2. The first-order valence-corrected chi connectivity index (χ1v) is 7.31. The van der Waals surface area contributed by atoms with Crippen molar-refractivity contribution in [3.8, 4) is 5.75 Å². The Balaban J connectivity index is 2.14. The van der Waals surface area contributed by atoms with E-state index in [2.05, 4.69) is 9.69 Å². The summed E-state index contributed by atoms with van der Waals surface area (Å²) in [5.41, 5.74) is 0.522. The maximum atomic E-state index is 12.4. The molecule has 112 valence electrons. The topological polar surface area (TPSA) is 84.2 Å². The lowest BCUT2D eigenvalue weighted by Crippen LogP contribution is -2.28. The van der Waals surface area contributed by atoms with Crippen LogP contribution in [0.3, 0.4) is 0 Å². The largest absolute Gasteiger partial charge is 0.506 e. The Morgan fingerprint density at radius 1 is 1.36 bits per heavy atom. The lowest BCUT2D eigenvalue weighted by molar-refractivity contribution is 0.102. The number of pyridine rings is 1. The van der Waals surface area contributed by atoms with Crippen molar-refractivity contribution in [3.05, 3.63) is 51.9 Å². The van der Waals surface area contributed by atoms with Gasteiger partial charge in [-0.25, -0.2) is 0 Å². The van der Waals surface area contributed by atoms with Crippen LogP contribution in [-0.4, -0.2) is 20.0 Å². The van der Waals surface area contributed by atoms with E-state index >= 15 is 0 Å². The zero-order valence-electron chi connectivity index (χ0n) is 12.0. The van der Waals surface area contributed by atoms with E-state index in [4.69, 9.17) is 0 Å². The van der Waals surface area contributed by atoms with Gasteiger partial charge in [-0.3, -0.25) is 9.59 Å². The SMILES string of the molecule is Cc1cc(NC(=O)c2c(O)c3ccccc3n(C)c2=O)sn1. The summed E-state index contributed by atoms with van der Waals surface area (Å²) in [7, 11) is 1.57. The quantitative estimate of drug-likeness (QED) is 0.760. The van der Waals surface area contributed by atoms with E-state index in [1.165, 1.54) is 4.57 Å². The summed E-state index contributed by atoms with van der Waals surface area (Å²) in [5.74, 6) is -0.954. The number of benzene rings is 1. The molecule has 2 aromatic heterocycles. The Labute approximate surface area is 129 Å². The summed E-state index contributed by atoms with van der Waals surface area (Å²) in [6.07, 6.45) is 0. The van der Waals surface area contributed by atoms with Crippen LogP contribution in [0, 0.1) is 6.92 Å². The van der Waals surface area contributed by atoms with E-state index < -0.39 is 11.5 Å². The predicted octanol–water partition coefficient (Wildman–Crippen LogP) is 2.26. The fourth-order valence-corrected chi connectivity index (χ4v) is 2.94. The molecule has 0 saturated heterocycles. The molecule has 0 radical (unpaired) electrons. The van der Waals surface area contributed by atoms with Gasteiger partial charge < -0.3 is 15.0 Å². The molecule has 0 spiro atoms. The molecule has 0 atom stereocenters. The number of carbonyl (C=O) groups is 1. The van der Waals surface area contributed by atoms with Crippen molar-refractivity contribution >= 4 is 33.3 Å². The number of nitrogens with zero attached hydrogens (tertiary/aromatic N) is 2. The second kappa shape index (κ2) is 5.27. The van der Waals surface area contributed by atoms with E-state index in [-0.39, 0.29) is 11.3 Å². The van der Waals surface area contributed by atoms with Crippen molar-refractivity contribution in [2.45, 2.75) is 6.92 Å². The molecule has 0 aliphatic carbocycles. The van der Waals surface area contributed by atoms with Crippen LogP contribution in [0.25, 0.3) is 10.9 Å². The second-order valence-electron chi connectivity index (χ2n) is 4.89. The van der Waals surface area contributed by atoms with Crippen LogP contribution in [0.2, 0.25) is 0 Å². The number of anilines is 1. The Kier molecular flexibility index (Phi) is 3.42. The van der Waals surface area contributed by atoms with Crippen molar-refractivity contribution < 1.29 is 9.90 Å². The molecule has 0 saturated carbocycles. The molecule has 22 heavy (non-hydrogen) atoms. The lowest BCUT2D eigenvalue weighted by atomic mass is 10.1. The van der Waals surface area contributed by atoms with Gasteiger partial charge in [-0.05, 0) is 36.7 Å². The zero-order chi connectivity index (χ0) is 15.9. The third-order valence-corrected chi connectivity index (χ3v) is 4.16. The molecule has 1 amide bonds. The van der Waals surface area contributed by atoms with Crippen molar-refractivity contribution in [1.29, 1.82) is 0 Å². The number of aryl methyl sites for hydroxylation is 2. The molecular formula is C15H13N3O3S. The van der Waals surface area contributed by atoms with Crippen molar-refractivity contribution in [3.63, 3.8) is 0 Å². The highest BCUT2D eigenvalue weighted by Gasteiger charge is 2.21. The summed E-state index contributed by atoms with van der Waals surface area (Å²) in [5, 5.41) is 13.9. The monoisotopic (exact) mass is 315 g/mol. The van der Waals surface area contributed by atoms with Gasteiger partial charge >= 0.3 is 0 Å². The third-order valence-electron chi connectivity index (χ3n) is 3.37. The van der Waals surface area contributed by atoms with E-state index in [0.717, 1.165) is 17.2 Å². The standard InChI is InChI=1S/C15H13N3O3S/c1-8-7-11(22-17-8)16-14(20)12-13(19)9-5-3-4-6-10(9)18(2)15(12)21/h3-7,19H,1-2H3,(H,16,20). The molecule has 6 nitrogen and oxygen atoms in total. The first-order valence-electron chi connectivity index (χ1n) is 6.54. The number of nitrogens with one attached hydrogen (secondary N) is 1. The summed E-state index contributed by atoms with van der Waals surface area (Å²) < 4.78 is 5.41. The molecule has 0 aliphatic heterocycles. The van der Waals surface area contributed by atoms with E-state index in [1.807, 2.05) is 0 Å². The van der Waals surface area contributed by atoms with Gasteiger partial charge in [-0.1, -0.05) is 12.1 Å². The first kappa shape index (κ1) is 14.3. The summed E-state index contributed by atoms with van der Waals surface area (Å²) in [4.78, 5) is 24.7. The number of aromatic hydroxyl groups is 1. The molecule has 2 heterocycles. The minimum atomic E-state index is -0.646. The normalized spacial score (nSPS) is 10.8. The van der Waals surface area contributed by atoms with Gasteiger partial charge in [-0.15, -0.1) is 0 Å². The average molecular weight is 315 g/mol. The Bertz CT molecular complexity index is 943. The van der Waals surface area contributed by atoms with Crippen molar-refractivity contribution in [2.24, 2.45) is 7.05 Å². The molecule has 3 aromatic rings. The lowest BCUT2D eigenvalue weighted by Gasteiger charge is -2.11. The predicted molar refractivity (Wildman–Crippen MR) is 85.7 cm³/mol. The fraction of sp³-hybridized carbons (Fsp3) is 0.133. The second-order valence-corrected chi connectivity index (χ2v) is 5.70. The van der Waals surface area contributed by atoms with Gasteiger partial charge in [-0.2, -0.15) is 4.37 Å². The number of amides is 1. The Hall–Kier alpha value is -2.67. The first-order chi connectivity index (χ1) is 10.5. The molecule has 1 aromatic carbocycles. The summed E-state index contributed by atoms with van der Waals surface area (Å²) in [6, 6.07) is 8.58. The highest BCUT2D eigenvalue weighted by atomic mass is 32.1. The average Bonchev–Trinajstić information content (AvgIpc) is 2.90. The van der Waals surface area contributed by atoms with E-state index in [9.17, 15) is 14.7 Å². The Morgan fingerprint density at radius 2 is 2.09 bits per heavy atom. The van der Waals surface area contributed by atoms with Gasteiger partial charge in [0.1, 0.15) is 16.3 Å². The molecular weight excluding hydrogens is 302 g/mol. The molecule has 0 bridgehead atoms. The minimum absolute atomic E-state index is 0.271. The van der Waals surface area contributed by atoms with Crippen LogP contribution in [0.15, 0.2) is 35.1 Å². The van der Waals surface area contributed by atoms with Crippen molar-refractivity contribution in [1.82, 2.24) is 8.94 Å². The van der Waals surface area contributed by atoms with E-state index in [0.29, 0.717) is 15.9 Å². The van der Waals surface area contributed by atoms with Crippen molar-refractivity contribution in [2.75, 3.05) is 5.32 Å². The molecule has 0 unspecified atom stereocenters. The number of fused-ring (bicyclic) bond motifs is 1. The number of hydrogen-bond acceptors (Lipinski definition) is 5. The van der Waals surface area contributed by atoms with Crippen LogP contribution in [-0.2, 0) is 7.05 Å². The number of para-hydroxylation sites is 1. The van der Waals surface area contributed by atoms with Gasteiger partial charge in [0.25, 0.3) is 11.5 Å². The minimum Gasteiger partial charge on any atom is -0.506 e.